The molecule has 1 saturated carbocycles. The molecule has 2 aliphatic heterocycles. The van der Waals surface area contributed by atoms with Gasteiger partial charge in [-0.05, 0) is 72.7 Å². The average molecular weight is 509 g/mol. The third-order valence-electron chi connectivity index (χ3n) is 7.89. The van der Waals surface area contributed by atoms with E-state index in [1.807, 2.05) is 4.90 Å². The Bertz CT molecular complexity index is 1270. The van der Waals surface area contributed by atoms with Crippen LogP contribution in [0.15, 0.2) is 29.6 Å². The van der Waals surface area contributed by atoms with Crippen LogP contribution in [0.25, 0.3) is 0 Å². The van der Waals surface area contributed by atoms with Crippen molar-refractivity contribution in [1.29, 1.82) is 0 Å². The first kappa shape index (κ1) is 23.0. The lowest BCUT2D eigenvalue weighted by Crippen LogP contribution is -2.48. The van der Waals surface area contributed by atoms with Crippen LogP contribution < -0.4 is 10.6 Å². The van der Waals surface area contributed by atoms with Crippen LogP contribution in [0, 0.1) is 5.92 Å². The van der Waals surface area contributed by atoms with Crippen LogP contribution in [0.5, 0.6) is 0 Å². The summed E-state index contributed by atoms with van der Waals surface area (Å²) in [6.45, 7) is 0.216. The van der Waals surface area contributed by atoms with Gasteiger partial charge < -0.3 is 20.3 Å². The normalized spacial score (nSPS) is 24.9. The Kier molecular flexibility index (Phi) is 5.51. The van der Waals surface area contributed by atoms with Gasteiger partial charge in [0.2, 0.25) is 11.5 Å². The third kappa shape index (κ3) is 3.75. The van der Waals surface area contributed by atoms with Gasteiger partial charge in [-0.2, -0.15) is 0 Å². The molecule has 1 spiro atoms. The summed E-state index contributed by atoms with van der Waals surface area (Å²) in [6.07, 6.45) is 4.15. The number of hydrogen-bond donors (Lipinski definition) is 2. The second kappa shape index (κ2) is 8.62. The van der Waals surface area contributed by atoms with Crippen LogP contribution in [-0.2, 0) is 39.3 Å². The van der Waals surface area contributed by atoms with Crippen LogP contribution in [0.1, 0.15) is 47.3 Å². The number of hydrogen-bond acceptors (Lipinski definition) is 6. The topological polar surface area (TPSA) is 108 Å². The number of nitrogens with one attached hydrogen (secondary N) is 2. The minimum atomic E-state index is -1.41. The predicted octanol–water partition coefficient (Wildman–Crippen LogP) is 3.37. The quantitative estimate of drug-likeness (QED) is 0.658. The molecular formula is C26H28N4O5S. The van der Waals surface area contributed by atoms with E-state index in [4.69, 9.17) is 4.74 Å². The van der Waals surface area contributed by atoms with Crippen molar-refractivity contribution in [2.75, 3.05) is 18.9 Å². The summed E-state index contributed by atoms with van der Waals surface area (Å²) in [5.41, 5.74) is 1.93. The van der Waals surface area contributed by atoms with Crippen molar-refractivity contribution in [3.8, 4) is 0 Å². The van der Waals surface area contributed by atoms with Gasteiger partial charge in [-0.1, -0.05) is 6.07 Å². The number of benzene rings is 1. The summed E-state index contributed by atoms with van der Waals surface area (Å²) < 4.78 is 5.72. The van der Waals surface area contributed by atoms with Crippen LogP contribution in [0.3, 0.4) is 0 Å². The maximum absolute atomic E-state index is 13.6. The highest BCUT2D eigenvalue weighted by molar-refractivity contribution is 7.10. The minimum Gasteiger partial charge on any atom is -0.427 e. The lowest BCUT2D eigenvalue weighted by molar-refractivity contribution is -0.143. The Morgan fingerprint density at radius 1 is 1.14 bits per heavy atom. The lowest BCUT2D eigenvalue weighted by Gasteiger charge is -2.31. The number of carbonyl (C=O) groups is 4. The molecule has 9 nitrogen and oxygen atoms in total. The van der Waals surface area contributed by atoms with E-state index in [9.17, 15) is 19.2 Å². The summed E-state index contributed by atoms with van der Waals surface area (Å²) in [5, 5.41) is 7.28. The number of aryl methyl sites for hydroxylation is 2. The molecule has 2 aliphatic carbocycles. The van der Waals surface area contributed by atoms with Gasteiger partial charge >= 0.3 is 12.1 Å². The first-order valence-electron chi connectivity index (χ1n) is 12.4. The van der Waals surface area contributed by atoms with Crippen LogP contribution in [0.4, 0.5) is 15.3 Å². The standard InChI is InChI=1S/C26H28N4O5S/c1-27-24(33)28-18-5-6-19-17(12-18)8-10-26(19)23(32)30(25(34)35-26)14-22(31)29-13-21-16(9-11-36-21)4-7-20(29)15-2-3-15/h5-6,9,11-12,15,20H,2-4,7-8,10,13-14H2,1H3,(H2,27,28,33)/t20-,26+/m0/s1. The van der Waals surface area contributed by atoms with E-state index in [0.717, 1.165) is 36.1 Å². The largest absolute Gasteiger partial charge is 0.427 e. The zero-order chi connectivity index (χ0) is 25.0. The van der Waals surface area contributed by atoms with E-state index >= 15 is 0 Å². The molecular weight excluding hydrogens is 480 g/mol. The number of anilines is 1. The first-order chi connectivity index (χ1) is 17.4. The predicted molar refractivity (Wildman–Crippen MR) is 132 cm³/mol. The minimum absolute atomic E-state index is 0.137. The average Bonchev–Trinajstić information content (AvgIpc) is 3.50. The molecule has 6 rings (SSSR count). The maximum atomic E-state index is 13.6. The van der Waals surface area contributed by atoms with Crippen molar-refractivity contribution < 1.29 is 23.9 Å². The molecule has 10 heteroatoms. The zero-order valence-corrected chi connectivity index (χ0v) is 20.9. The fourth-order valence-corrected chi connectivity index (χ4v) is 6.79. The third-order valence-corrected chi connectivity index (χ3v) is 8.83. The van der Waals surface area contributed by atoms with Gasteiger partial charge in [0.1, 0.15) is 6.54 Å². The van der Waals surface area contributed by atoms with Gasteiger partial charge in [-0.25, -0.2) is 14.5 Å². The number of ether oxygens (including phenoxy) is 1. The van der Waals surface area contributed by atoms with E-state index in [2.05, 4.69) is 22.1 Å². The number of carbonyl (C=O) groups excluding carboxylic acids is 4. The Balaban J connectivity index is 1.22. The number of urea groups is 1. The number of rotatable bonds is 4. The van der Waals surface area contributed by atoms with Crippen molar-refractivity contribution >= 4 is 41.0 Å². The number of nitrogens with zero attached hydrogens (tertiary/aromatic N) is 2. The van der Waals surface area contributed by atoms with Gasteiger partial charge in [-0.15, -0.1) is 11.3 Å². The van der Waals surface area contributed by atoms with Crippen molar-refractivity contribution in [1.82, 2.24) is 15.1 Å². The monoisotopic (exact) mass is 508 g/mol. The van der Waals surface area contributed by atoms with E-state index in [1.54, 1.807) is 29.5 Å². The lowest BCUT2D eigenvalue weighted by atomic mass is 9.94. The van der Waals surface area contributed by atoms with Gasteiger partial charge in [0.15, 0.2) is 0 Å². The number of fused-ring (bicyclic) bond motifs is 3. The molecule has 1 saturated heterocycles. The molecule has 2 aromatic rings. The molecule has 0 radical (unpaired) electrons. The number of imide groups is 1. The molecule has 2 atom stereocenters. The molecule has 2 fully saturated rings. The molecule has 0 bridgehead atoms. The van der Waals surface area contributed by atoms with Crippen molar-refractivity contribution in [3.05, 3.63) is 51.2 Å². The molecule has 5 amide bonds. The first-order valence-corrected chi connectivity index (χ1v) is 13.3. The maximum Gasteiger partial charge on any atom is 0.418 e. The highest BCUT2D eigenvalue weighted by Crippen LogP contribution is 2.46. The molecule has 2 N–H and O–H groups in total. The zero-order valence-electron chi connectivity index (χ0n) is 20.0. The molecule has 4 aliphatic rings. The molecule has 3 heterocycles. The molecule has 36 heavy (non-hydrogen) atoms. The van der Waals surface area contributed by atoms with Crippen molar-refractivity contribution in [2.24, 2.45) is 5.92 Å². The summed E-state index contributed by atoms with van der Waals surface area (Å²) in [5.74, 6) is -0.199. The van der Waals surface area contributed by atoms with Crippen LogP contribution in [0.2, 0.25) is 0 Å². The Morgan fingerprint density at radius 3 is 2.75 bits per heavy atom. The SMILES string of the molecule is CNC(=O)Nc1ccc2c(c1)CC[C@@]21OC(=O)N(CC(=O)N2Cc3sccc3CC[C@H]2C2CC2)C1=O. The smallest absolute Gasteiger partial charge is 0.418 e. The highest BCUT2D eigenvalue weighted by atomic mass is 32.1. The molecule has 1 aromatic carbocycles. The summed E-state index contributed by atoms with van der Waals surface area (Å²) >= 11 is 1.66. The fourth-order valence-electron chi connectivity index (χ4n) is 5.85. The number of thiophene rings is 1. The summed E-state index contributed by atoms with van der Waals surface area (Å²) in [6, 6.07) is 7.13. The van der Waals surface area contributed by atoms with Gasteiger partial charge in [-0.3, -0.25) is 9.59 Å². The number of amides is 5. The Morgan fingerprint density at radius 2 is 1.97 bits per heavy atom. The van der Waals surface area contributed by atoms with E-state index in [1.165, 1.54) is 17.5 Å². The van der Waals surface area contributed by atoms with E-state index in [-0.39, 0.29) is 24.5 Å². The molecule has 1 aromatic heterocycles. The fraction of sp³-hybridized carbons (Fsp3) is 0.462. The van der Waals surface area contributed by atoms with Gasteiger partial charge in [0, 0.05) is 35.6 Å². The Hall–Kier alpha value is -3.40. The summed E-state index contributed by atoms with van der Waals surface area (Å²) in [7, 11) is 1.53. The van der Waals surface area contributed by atoms with Crippen LogP contribution in [-0.4, -0.2) is 53.4 Å². The van der Waals surface area contributed by atoms with Crippen LogP contribution >= 0.6 is 11.3 Å². The molecule has 0 unspecified atom stereocenters. The second-order valence-electron chi connectivity index (χ2n) is 10.00. The van der Waals surface area contributed by atoms with Crippen molar-refractivity contribution in [3.63, 3.8) is 0 Å². The van der Waals surface area contributed by atoms with Gasteiger partial charge in [0.25, 0.3) is 5.91 Å². The highest BCUT2D eigenvalue weighted by Gasteiger charge is 2.58. The second-order valence-corrected chi connectivity index (χ2v) is 11.0. The van der Waals surface area contributed by atoms with Gasteiger partial charge in [0.05, 0.1) is 6.54 Å². The van der Waals surface area contributed by atoms with Crippen molar-refractivity contribution in [2.45, 2.75) is 56.7 Å². The van der Waals surface area contributed by atoms with E-state index < -0.39 is 17.6 Å². The Labute approximate surface area is 212 Å². The molecule has 188 valence electrons. The summed E-state index contributed by atoms with van der Waals surface area (Å²) in [4.78, 5) is 55.8. The van der Waals surface area contributed by atoms with E-state index in [0.29, 0.717) is 36.6 Å².